The Morgan fingerprint density at radius 1 is 0.842 bits per heavy atom. The van der Waals surface area contributed by atoms with E-state index >= 15 is 0 Å². The van der Waals surface area contributed by atoms with Gasteiger partial charge in [-0.1, -0.05) is 42.5 Å². The van der Waals surface area contributed by atoms with Gasteiger partial charge < -0.3 is 0 Å². The van der Waals surface area contributed by atoms with Gasteiger partial charge in [-0.05, 0) is 22.9 Å². The molecule has 0 aliphatic rings. The molecule has 3 heteroatoms. The summed E-state index contributed by atoms with van der Waals surface area (Å²) in [5.74, 6) is 0. The van der Waals surface area contributed by atoms with Crippen LogP contribution in [-0.2, 0) is 0 Å². The minimum absolute atomic E-state index is 0.829. The molecule has 0 saturated heterocycles. The highest BCUT2D eigenvalue weighted by Crippen LogP contribution is 2.33. The van der Waals surface area contributed by atoms with E-state index in [4.69, 9.17) is 0 Å². The van der Waals surface area contributed by atoms with Crippen LogP contribution in [0.4, 0.5) is 0 Å². The molecule has 90 valence electrons. The molecule has 2 heterocycles. The van der Waals surface area contributed by atoms with Crippen molar-refractivity contribution in [3.05, 3.63) is 60.8 Å². The smallest absolute Gasteiger partial charge is 0.170 e. The molecule has 0 N–H and O–H groups in total. The van der Waals surface area contributed by atoms with Crippen LogP contribution >= 0.6 is 11.3 Å². The van der Waals surface area contributed by atoms with Gasteiger partial charge in [-0.25, -0.2) is 9.97 Å². The lowest BCUT2D eigenvalue weighted by Crippen LogP contribution is -1.80. The standard InChI is InChI=1S/C16H10N2S/c1-2-7-12-11(5-1)6-3-8-13(12)16-18-15-14(19-16)9-4-10-17-15/h1-10H. The predicted octanol–water partition coefficient (Wildman–Crippen LogP) is 4.51. The molecule has 0 unspecified atom stereocenters. The maximum absolute atomic E-state index is 4.64. The van der Waals surface area contributed by atoms with Crippen LogP contribution in [-0.4, -0.2) is 9.97 Å². The van der Waals surface area contributed by atoms with Crippen LogP contribution in [0.15, 0.2) is 60.8 Å². The molecule has 4 rings (SSSR count). The van der Waals surface area contributed by atoms with Gasteiger partial charge in [0.15, 0.2) is 5.65 Å². The molecule has 0 saturated carbocycles. The fourth-order valence-corrected chi connectivity index (χ4v) is 3.26. The summed E-state index contributed by atoms with van der Waals surface area (Å²) in [5, 5.41) is 3.52. The maximum atomic E-state index is 4.64. The van der Waals surface area contributed by atoms with Crippen molar-refractivity contribution < 1.29 is 0 Å². The van der Waals surface area contributed by atoms with Gasteiger partial charge in [0.05, 0.1) is 4.70 Å². The van der Waals surface area contributed by atoms with Crippen LogP contribution in [0.3, 0.4) is 0 Å². The Bertz CT molecular complexity index is 842. The number of thiazole rings is 1. The van der Waals surface area contributed by atoms with Gasteiger partial charge in [-0.3, -0.25) is 0 Å². The third-order valence-electron chi connectivity index (χ3n) is 3.18. The van der Waals surface area contributed by atoms with Crippen molar-refractivity contribution in [1.82, 2.24) is 9.97 Å². The maximum Gasteiger partial charge on any atom is 0.170 e. The third kappa shape index (κ3) is 1.71. The Morgan fingerprint density at radius 3 is 2.68 bits per heavy atom. The van der Waals surface area contributed by atoms with E-state index in [1.165, 1.54) is 16.3 Å². The van der Waals surface area contributed by atoms with Crippen LogP contribution < -0.4 is 0 Å². The zero-order valence-electron chi connectivity index (χ0n) is 10.1. The number of fused-ring (bicyclic) bond motifs is 2. The van der Waals surface area contributed by atoms with Crippen LogP contribution in [0.1, 0.15) is 0 Å². The normalized spacial score (nSPS) is 11.2. The van der Waals surface area contributed by atoms with Crippen LogP contribution in [0.5, 0.6) is 0 Å². The molecule has 0 fully saturated rings. The van der Waals surface area contributed by atoms with Gasteiger partial charge >= 0.3 is 0 Å². The van der Waals surface area contributed by atoms with Gasteiger partial charge in [0.2, 0.25) is 0 Å². The number of benzene rings is 2. The lowest BCUT2D eigenvalue weighted by Gasteiger charge is -2.02. The van der Waals surface area contributed by atoms with Crippen molar-refractivity contribution in [3.8, 4) is 10.6 Å². The van der Waals surface area contributed by atoms with Crippen LogP contribution in [0, 0.1) is 0 Å². The molecule has 19 heavy (non-hydrogen) atoms. The summed E-state index contributed by atoms with van der Waals surface area (Å²) in [6.45, 7) is 0. The fourth-order valence-electron chi connectivity index (χ4n) is 2.30. The Kier molecular flexibility index (Phi) is 2.32. The molecule has 0 radical (unpaired) electrons. The molecule has 0 atom stereocenters. The fraction of sp³-hybridized carbons (Fsp3) is 0. The molecule has 0 aliphatic carbocycles. The number of hydrogen-bond acceptors (Lipinski definition) is 3. The number of aromatic nitrogens is 2. The minimum Gasteiger partial charge on any atom is -0.236 e. The van der Waals surface area contributed by atoms with E-state index in [-0.39, 0.29) is 0 Å². The van der Waals surface area contributed by atoms with E-state index in [1.807, 2.05) is 6.07 Å². The van der Waals surface area contributed by atoms with E-state index in [1.54, 1.807) is 17.5 Å². The van der Waals surface area contributed by atoms with Crippen LogP contribution in [0.25, 0.3) is 31.7 Å². The van der Waals surface area contributed by atoms with Crippen molar-refractivity contribution in [1.29, 1.82) is 0 Å². The van der Waals surface area contributed by atoms with Crippen molar-refractivity contribution in [2.75, 3.05) is 0 Å². The van der Waals surface area contributed by atoms with Crippen LogP contribution in [0.2, 0.25) is 0 Å². The molecule has 2 aromatic carbocycles. The number of rotatable bonds is 1. The highest BCUT2D eigenvalue weighted by molar-refractivity contribution is 7.21. The average molecular weight is 262 g/mol. The van der Waals surface area contributed by atoms with Crippen molar-refractivity contribution in [2.45, 2.75) is 0 Å². The molecule has 2 nitrogen and oxygen atoms in total. The van der Waals surface area contributed by atoms with E-state index in [0.717, 1.165) is 15.4 Å². The van der Waals surface area contributed by atoms with E-state index in [9.17, 15) is 0 Å². The quantitative estimate of drug-likeness (QED) is 0.504. The molecule has 0 amide bonds. The zero-order chi connectivity index (χ0) is 12.7. The van der Waals surface area contributed by atoms with Gasteiger partial charge in [-0.15, -0.1) is 11.3 Å². The summed E-state index contributed by atoms with van der Waals surface area (Å²) >= 11 is 1.69. The molecule has 2 aromatic heterocycles. The highest BCUT2D eigenvalue weighted by Gasteiger charge is 2.09. The first-order valence-electron chi connectivity index (χ1n) is 6.11. The van der Waals surface area contributed by atoms with Gasteiger partial charge in [-0.2, -0.15) is 0 Å². The second-order valence-corrected chi connectivity index (χ2v) is 5.40. The molecule has 4 aromatic rings. The summed E-state index contributed by atoms with van der Waals surface area (Å²) in [6.07, 6.45) is 1.79. The summed E-state index contributed by atoms with van der Waals surface area (Å²) < 4.78 is 1.13. The Hall–Kier alpha value is -2.26. The second kappa shape index (κ2) is 4.14. The Labute approximate surface area is 114 Å². The number of nitrogens with zero attached hydrogens (tertiary/aromatic N) is 2. The monoisotopic (exact) mass is 262 g/mol. The van der Waals surface area contributed by atoms with E-state index in [2.05, 4.69) is 58.5 Å². The predicted molar refractivity (Wildman–Crippen MR) is 80.4 cm³/mol. The molecule has 0 aliphatic heterocycles. The largest absolute Gasteiger partial charge is 0.236 e. The first-order valence-corrected chi connectivity index (χ1v) is 6.93. The van der Waals surface area contributed by atoms with Gasteiger partial charge in [0.1, 0.15) is 5.01 Å². The summed E-state index contributed by atoms with van der Waals surface area (Å²) in [7, 11) is 0. The molecule has 0 spiro atoms. The lowest BCUT2D eigenvalue weighted by atomic mass is 10.1. The van der Waals surface area contributed by atoms with E-state index < -0.39 is 0 Å². The average Bonchev–Trinajstić information content (AvgIpc) is 2.90. The zero-order valence-corrected chi connectivity index (χ0v) is 10.9. The van der Waals surface area contributed by atoms with Crippen molar-refractivity contribution in [2.24, 2.45) is 0 Å². The minimum atomic E-state index is 0.829. The molecular formula is C16H10N2S. The molecule has 0 bridgehead atoms. The van der Waals surface area contributed by atoms with Gasteiger partial charge in [0, 0.05) is 11.8 Å². The highest BCUT2D eigenvalue weighted by atomic mass is 32.1. The topological polar surface area (TPSA) is 25.8 Å². The third-order valence-corrected chi connectivity index (χ3v) is 4.23. The van der Waals surface area contributed by atoms with Crippen molar-refractivity contribution in [3.63, 3.8) is 0 Å². The SMILES string of the molecule is c1ccc2c(-c3nc4ncccc4s3)cccc2c1. The first kappa shape index (κ1) is 10.6. The summed E-state index contributed by atoms with van der Waals surface area (Å²) in [5.41, 5.74) is 2.01. The number of hydrogen-bond donors (Lipinski definition) is 0. The van der Waals surface area contributed by atoms with Gasteiger partial charge in [0.25, 0.3) is 0 Å². The van der Waals surface area contributed by atoms with E-state index in [0.29, 0.717) is 0 Å². The Morgan fingerprint density at radius 2 is 1.74 bits per heavy atom. The molecular weight excluding hydrogens is 252 g/mol. The van der Waals surface area contributed by atoms with Crippen molar-refractivity contribution >= 4 is 32.5 Å². The Balaban J connectivity index is 2.03. The number of pyridine rings is 1. The summed E-state index contributed by atoms with van der Waals surface area (Å²) in [4.78, 5) is 8.95. The summed E-state index contributed by atoms with van der Waals surface area (Å²) in [6, 6.07) is 18.8. The lowest BCUT2D eigenvalue weighted by molar-refractivity contribution is 1.33. The first-order chi connectivity index (χ1) is 9.42. The second-order valence-electron chi connectivity index (χ2n) is 4.37.